The van der Waals surface area contributed by atoms with Crippen molar-refractivity contribution in [3.05, 3.63) is 59.4 Å². The molecule has 0 aromatic heterocycles. The second-order valence-corrected chi connectivity index (χ2v) is 8.06. The molecule has 0 unspecified atom stereocenters. The number of carbonyl (C=O) groups is 2. The highest BCUT2D eigenvalue weighted by Gasteiger charge is 2.34. The summed E-state index contributed by atoms with van der Waals surface area (Å²) in [6.45, 7) is 3.80. The molecule has 28 heavy (non-hydrogen) atoms. The zero-order chi connectivity index (χ0) is 20.1. The summed E-state index contributed by atoms with van der Waals surface area (Å²) in [6.07, 6.45) is 3.49. The summed E-state index contributed by atoms with van der Waals surface area (Å²) >= 11 is 1.50. The maximum absolute atomic E-state index is 14.0. The van der Waals surface area contributed by atoms with Crippen molar-refractivity contribution in [3.8, 4) is 0 Å². The van der Waals surface area contributed by atoms with Crippen molar-refractivity contribution in [1.82, 2.24) is 0 Å². The lowest BCUT2D eigenvalue weighted by Gasteiger charge is -2.25. The van der Waals surface area contributed by atoms with Crippen molar-refractivity contribution in [1.29, 1.82) is 0 Å². The number of thioether (sulfide) groups is 1. The number of halogens is 1. The average molecular weight is 401 g/mol. The smallest absolute Gasteiger partial charge is 0.238 e. The quantitative estimate of drug-likeness (QED) is 0.630. The van der Waals surface area contributed by atoms with Gasteiger partial charge in [-0.15, -0.1) is 11.8 Å². The van der Waals surface area contributed by atoms with E-state index < -0.39 is 0 Å². The van der Waals surface area contributed by atoms with E-state index in [0.29, 0.717) is 29.1 Å². The standard InChI is InChI=1S/C22H25FN2O2S/c1-3-4-5-9-20(26)24-17-8-6-7-16(12-17)22-25(21(27)14-28-22)18-11-10-15(2)19(23)13-18/h6-8,10-13,22H,3-5,9,14H2,1-2H3,(H,24,26)/t22-/m1/s1. The van der Waals surface area contributed by atoms with Crippen LogP contribution in [-0.2, 0) is 9.59 Å². The van der Waals surface area contributed by atoms with Crippen LogP contribution in [0.15, 0.2) is 42.5 Å². The number of nitrogens with zero attached hydrogens (tertiary/aromatic N) is 1. The first-order chi connectivity index (χ1) is 13.5. The lowest BCUT2D eigenvalue weighted by Crippen LogP contribution is -2.28. The molecule has 3 rings (SSSR count). The number of nitrogens with one attached hydrogen (secondary N) is 1. The van der Waals surface area contributed by atoms with Crippen molar-refractivity contribution in [2.75, 3.05) is 16.0 Å². The van der Waals surface area contributed by atoms with E-state index in [0.717, 1.165) is 24.8 Å². The molecule has 0 aliphatic carbocycles. The fourth-order valence-electron chi connectivity index (χ4n) is 3.21. The molecule has 4 nitrogen and oxygen atoms in total. The Balaban J connectivity index is 1.79. The fourth-order valence-corrected chi connectivity index (χ4v) is 4.38. The SMILES string of the molecule is CCCCCC(=O)Nc1cccc([C@H]2SCC(=O)N2c2ccc(C)c(F)c2)c1. The molecule has 0 bridgehead atoms. The Morgan fingerprint density at radius 1 is 1.25 bits per heavy atom. The summed E-state index contributed by atoms with van der Waals surface area (Å²) in [5.74, 6) is -0.0344. The van der Waals surface area contributed by atoms with Gasteiger partial charge in [0.2, 0.25) is 11.8 Å². The van der Waals surface area contributed by atoms with Crippen molar-refractivity contribution in [2.45, 2.75) is 44.9 Å². The number of benzene rings is 2. The summed E-state index contributed by atoms with van der Waals surface area (Å²) < 4.78 is 14.0. The van der Waals surface area contributed by atoms with Crippen LogP contribution < -0.4 is 10.2 Å². The van der Waals surface area contributed by atoms with Crippen LogP contribution in [0.2, 0.25) is 0 Å². The molecule has 6 heteroatoms. The van der Waals surface area contributed by atoms with Crippen LogP contribution in [0, 0.1) is 12.7 Å². The van der Waals surface area contributed by atoms with Gasteiger partial charge in [0.15, 0.2) is 0 Å². The summed E-state index contributed by atoms with van der Waals surface area (Å²) in [4.78, 5) is 26.2. The van der Waals surface area contributed by atoms with Crippen molar-refractivity contribution >= 4 is 35.0 Å². The third-order valence-electron chi connectivity index (χ3n) is 4.76. The molecule has 0 spiro atoms. The number of hydrogen-bond acceptors (Lipinski definition) is 3. The molecule has 1 fully saturated rings. The number of carbonyl (C=O) groups excluding carboxylic acids is 2. The first kappa shape index (κ1) is 20.4. The Hall–Kier alpha value is -2.34. The number of hydrogen-bond donors (Lipinski definition) is 1. The Kier molecular flexibility index (Phi) is 6.73. The van der Waals surface area contributed by atoms with Crippen LogP contribution in [0.25, 0.3) is 0 Å². The maximum atomic E-state index is 14.0. The maximum Gasteiger partial charge on any atom is 0.238 e. The second kappa shape index (κ2) is 9.24. The van der Waals surface area contributed by atoms with Gasteiger partial charge in [0.1, 0.15) is 11.2 Å². The molecule has 1 atom stereocenters. The van der Waals surface area contributed by atoms with E-state index in [1.54, 1.807) is 24.0 Å². The van der Waals surface area contributed by atoms with E-state index in [2.05, 4.69) is 12.2 Å². The first-order valence-corrected chi connectivity index (χ1v) is 10.6. The lowest BCUT2D eigenvalue weighted by atomic mass is 10.1. The first-order valence-electron chi connectivity index (χ1n) is 9.59. The number of anilines is 2. The number of amides is 2. The zero-order valence-corrected chi connectivity index (χ0v) is 17.0. The third-order valence-corrected chi connectivity index (χ3v) is 5.98. The van der Waals surface area contributed by atoms with Gasteiger partial charge < -0.3 is 5.32 Å². The highest BCUT2D eigenvalue weighted by molar-refractivity contribution is 8.00. The van der Waals surface area contributed by atoms with E-state index in [1.807, 2.05) is 24.3 Å². The molecule has 1 aliphatic rings. The molecule has 1 N–H and O–H groups in total. The number of rotatable bonds is 7. The van der Waals surface area contributed by atoms with E-state index in [1.165, 1.54) is 17.8 Å². The van der Waals surface area contributed by atoms with Crippen LogP contribution in [-0.4, -0.2) is 17.6 Å². The van der Waals surface area contributed by atoms with Crippen LogP contribution >= 0.6 is 11.8 Å². The van der Waals surface area contributed by atoms with Gasteiger partial charge in [0.05, 0.1) is 5.75 Å². The van der Waals surface area contributed by atoms with Gasteiger partial charge in [0.25, 0.3) is 0 Å². The molecule has 1 aliphatic heterocycles. The molecule has 2 aromatic carbocycles. The normalized spacial score (nSPS) is 16.5. The third kappa shape index (κ3) is 4.73. The fraction of sp³-hybridized carbons (Fsp3) is 0.364. The molecular formula is C22H25FN2O2S. The molecule has 0 radical (unpaired) electrons. The van der Waals surface area contributed by atoms with Crippen LogP contribution in [0.5, 0.6) is 0 Å². The largest absolute Gasteiger partial charge is 0.326 e. The summed E-state index contributed by atoms with van der Waals surface area (Å²) in [5, 5.41) is 2.69. The molecule has 1 heterocycles. The van der Waals surface area contributed by atoms with E-state index >= 15 is 0 Å². The topological polar surface area (TPSA) is 49.4 Å². The summed E-state index contributed by atoms with van der Waals surface area (Å²) in [6, 6.07) is 12.4. The van der Waals surface area contributed by atoms with Crippen LogP contribution in [0.4, 0.5) is 15.8 Å². The predicted molar refractivity (Wildman–Crippen MR) is 113 cm³/mol. The Bertz CT molecular complexity index is 871. The molecule has 2 aromatic rings. The molecule has 0 saturated carbocycles. The van der Waals surface area contributed by atoms with Crippen LogP contribution in [0.1, 0.15) is 49.1 Å². The Morgan fingerprint density at radius 3 is 2.82 bits per heavy atom. The second-order valence-electron chi connectivity index (χ2n) is 6.99. The zero-order valence-electron chi connectivity index (χ0n) is 16.2. The van der Waals surface area contributed by atoms with Crippen molar-refractivity contribution in [3.63, 3.8) is 0 Å². The highest BCUT2D eigenvalue weighted by Crippen LogP contribution is 2.42. The highest BCUT2D eigenvalue weighted by atomic mass is 32.2. The van der Waals surface area contributed by atoms with E-state index in [4.69, 9.17) is 0 Å². The number of aryl methyl sites for hydroxylation is 1. The summed E-state index contributed by atoms with van der Waals surface area (Å²) in [7, 11) is 0. The molecular weight excluding hydrogens is 375 g/mol. The molecule has 1 saturated heterocycles. The minimum absolute atomic E-state index is 0.00165. The van der Waals surface area contributed by atoms with Gasteiger partial charge in [-0.25, -0.2) is 4.39 Å². The average Bonchev–Trinajstić information content (AvgIpc) is 3.06. The lowest BCUT2D eigenvalue weighted by molar-refractivity contribution is -0.117. The monoisotopic (exact) mass is 400 g/mol. The van der Waals surface area contributed by atoms with Crippen LogP contribution in [0.3, 0.4) is 0 Å². The van der Waals surface area contributed by atoms with E-state index in [9.17, 15) is 14.0 Å². The van der Waals surface area contributed by atoms with Gasteiger partial charge in [-0.1, -0.05) is 38.0 Å². The van der Waals surface area contributed by atoms with Gasteiger partial charge >= 0.3 is 0 Å². The predicted octanol–water partition coefficient (Wildman–Crippen LogP) is 5.43. The van der Waals surface area contributed by atoms with Gasteiger partial charge in [-0.05, 0) is 48.7 Å². The van der Waals surface area contributed by atoms with Gasteiger partial charge in [-0.3, -0.25) is 14.5 Å². The summed E-state index contributed by atoms with van der Waals surface area (Å²) in [5.41, 5.74) is 2.72. The minimum atomic E-state index is -0.325. The minimum Gasteiger partial charge on any atom is -0.326 e. The number of unbranched alkanes of at least 4 members (excludes halogenated alkanes) is 2. The molecule has 148 valence electrons. The van der Waals surface area contributed by atoms with Gasteiger partial charge in [-0.2, -0.15) is 0 Å². The Labute approximate surface area is 169 Å². The van der Waals surface area contributed by atoms with E-state index in [-0.39, 0.29) is 23.0 Å². The molecule has 2 amide bonds. The van der Waals surface area contributed by atoms with Crippen molar-refractivity contribution < 1.29 is 14.0 Å². The Morgan fingerprint density at radius 2 is 2.07 bits per heavy atom. The van der Waals surface area contributed by atoms with Crippen molar-refractivity contribution in [2.24, 2.45) is 0 Å². The van der Waals surface area contributed by atoms with Gasteiger partial charge in [0, 0.05) is 17.8 Å².